The van der Waals surface area contributed by atoms with Gasteiger partial charge in [0.25, 0.3) is 0 Å². The van der Waals surface area contributed by atoms with E-state index in [1.165, 1.54) is 33.2 Å². The molecular formula is C29H31NO3. The van der Waals surface area contributed by atoms with E-state index in [1.807, 2.05) is 31.2 Å². The zero-order valence-electron chi connectivity index (χ0n) is 19.8. The van der Waals surface area contributed by atoms with Crippen molar-refractivity contribution in [2.75, 3.05) is 0 Å². The van der Waals surface area contributed by atoms with E-state index in [-0.39, 0.29) is 12.3 Å². The number of rotatable bonds is 8. The number of aromatic nitrogens is 1. The minimum Gasteiger partial charge on any atom is -0.489 e. The number of carbonyl (C=O) groups is 1. The quantitative estimate of drug-likeness (QED) is 0.328. The van der Waals surface area contributed by atoms with E-state index < -0.39 is 5.97 Å². The van der Waals surface area contributed by atoms with Gasteiger partial charge in [0.05, 0.1) is 11.9 Å². The molecule has 1 aromatic heterocycles. The lowest BCUT2D eigenvalue weighted by molar-refractivity contribution is -0.137. The van der Waals surface area contributed by atoms with Crippen LogP contribution in [0.15, 0.2) is 66.9 Å². The highest BCUT2D eigenvalue weighted by Crippen LogP contribution is 2.27. The summed E-state index contributed by atoms with van der Waals surface area (Å²) >= 11 is 0. The molecule has 33 heavy (non-hydrogen) atoms. The van der Waals surface area contributed by atoms with Crippen LogP contribution in [0.1, 0.15) is 52.6 Å². The summed E-state index contributed by atoms with van der Waals surface area (Å²) in [4.78, 5) is 10.9. The van der Waals surface area contributed by atoms with E-state index in [9.17, 15) is 4.79 Å². The third kappa shape index (κ3) is 4.95. The molecule has 0 aliphatic rings. The van der Waals surface area contributed by atoms with Crippen LogP contribution in [-0.2, 0) is 17.9 Å². The number of nitrogens with zero attached hydrogens (tertiary/aromatic N) is 1. The first kappa shape index (κ1) is 22.7. The van der Waals surface area contributed by atoms with Gasteiger partial charge in [-0.25, -0.2) is 0 Å². The maximum absolute atomic E-state index is 10.9. The predicted molar refractivity (Wildman–Crippen MR) is 133 cm³/mol. The SMILES string of the molecule is Cc1cccc(C)c1Cn1ccc2ccc(COc3ccc(C(C)CC(=O)O)cc3)c(C)c21. The number of carboxylic acids is 1. The molecule has 0 fully saturated rings. The molecule has 0 saturated heterocycles. The van der Waals surface area contributed by atoms with Gasteiger partial charge in [-0.15, -0.1) is 0 Å². The number of hydrogen-bond donors (Lipinski definition) is 1. The number of aryl methyl sites for hydroxylation is 3. The second-order valence-electron chi connectivity index (χ2n) is 8.96. The Kier molecular flexibility index (Phi) is 6.55. The predicted octanol–water partition coefficient (Wildman–Crippen LogP) is 6.77. The first-order valence-corrected chi connectivity index (χ1v) is 11.4. The Morgan fingerprint density at radius 3 is 2.33 bits per heavy atom. The summed E-state index contributed by atoms with van der Waals surface area (Å²) in [7, 11) is 0. The fraction of sp³-hybridized carbons (Fsp3) is 0.276. The van der Waals surface area contributed by atoms with E-state index in [2.05, 4.69) is 67.9 Å². The van der Waals surface area contributed by atoms with E-state index in [1.54, 1.807) is 0 Å². The van der Waals surface area contributed by atoms with Crippen molar-refractivity contribution < 1.29 is 14.6 Å². The average Bonchev–Trinajstić information content (AvgIpc) is 3.19. The first-order valence-electron chi connectivity index (χ1n) is 11.4. The third-order valence-electron chi connectivity index (χ3n) is 6.59. The summed E-state index contributed by atoms with van der Waals surface area (Å²) in [5, 5.41) is 10.2. The van der Waals surface area contributed by atoms with Crippen LogP contribution in [0.25, 0.3) is 10.9 Å². The molecule has 0 amide bonds. The van der Waals surface area contributed by atoms with Gasteiger partial charge in [-0.1, -0.05) is 49.4 Å². The number of aliphatic carboxylic acids is 1. The normalized spacial score (nSPS) is 12.1. The molecule has 4 heteroatoms. The van der Waals surface area contributed by atoms with Crippen LogP contribution in [0.2, 0.25) is 0 Å². The average molecular weight is 442 g/mol. The van der Waals surface area contributed by atoms with Gasteiger partial charge in [-0.3, -0.25) is 4.79 Å². The Hall–Kier alpha value is -3.53. The molecule has 1 heterocycles. The van der Waals surface area contributed by atoms with Crippen molar-refractivity contribution in [3.05, 3.63) is 100 Å². The molecular weight excluding hydrogens is 410 g/mol. The maximum Gasteiger partial charge on any atom is 0.303 e. The molecule has 0 saturated carbocycles. The number of carboxylic acid groups (broad SMARTS) is 1. The third-order valence-corrected chi connectivity index (χ3v) is 6.59. The summed E-state index contributed by atoms with van der Waals surface area (Å²) in [5.74, 6) is -0.0198. The number of fused-ring (bicyclic) bond motifs is 1. The van der Waals surface area contributed by atoms with E-state index in [4.69, 9.17) is 9.84 Å². The lowest BCUT2D eigenvalue weighted by atomic mass is 9.98. The van der Waals surface area contributed by atoms with E-state index in [0.29, 0.717) is 6.61 Å². The van der Waals surface area contributed by atoms with Gasteiger partial charge in [-0.05, 0) is 83.7 Å². The van der Waals surface area contributed by atoms with Gasteiger partial charge in [-0.2, -0.15) is 0 Å². The topological polar surface area (TPSA) is 51.5 Å². The highest BCUT2D eigenvalue weighted by molar-refractivity contribution is 5.84. The van der Waals surface area contributed by atoms with Crippen molar-refractivity contribution >= 4 is 16.9 Å². The maximum atomic E-state index is 10.9. The summed E-state index contributed by atoms with van der Waals surface area (Å²) in [6.45, 7) is 9.78. The summed E-state index contributed by atoms with van der Waals surface area (Å²) in [6.07, 6.45) is 2.30. The van der Waals surface area contributed by atoms with Crippen LogP contribution in [-0.4, -0.2) is 15.6 Å². The van der Waals surface area contributed by atoms with Crippen LogP contribution in [0, 0.1) is 20.8 Å². The molecule has 0 bridgehead atoms. The minimum absolute atomic E-state index is 0.0223. The largest absolute Gasteiger partial charge is 0.489 e. The molecule has 1 unspecified atom stereocenters. The smallest absolute Gasteiger partial charge is 0.303 e. The van der Waals surface area contributed by atoms with Gasteiger partial charge in [0.1, 0.15) is 12.4 Å². The van der Waals surface area contributed by atoms with Crippen LogP contribution >= 0.6 is 0 Å². The Morgan fingerprint density at radius 1 is 0.970 bits per heavy atom. The van der Waals surface area contributed by atoms with Gasteiger partial charge in [0.15, 0.2) is 0 Å². The second-order valence-corrected chi connectivity index (χ2v) is 8.96. The van der Waals surface area contributed by atoms with Crippen LogP contribution in [0.4, 0.5) is 0 Å². The molecule has 4 aromatic rings. The molecule has 3 aromatic carbocycles. The van der Waals surface area contributed by atoms with Crippen molar-refractivity contribution in [3.8, 4) is 5.75 Å². The standard InChI is InChI=1S/C29H31NO3/c1-19-6-5-7-20(2)27(19)17-30-15-14-24-8-9-25(22(4)29(24)30)18-33-26-12-10-23(11-13-26)21(3)16-28(31)32/h5-15,21H,16-18H2,1-4H3,(H,31,32). The summed E-state index contributed by atoms with van der Waals surface area (Å²) in [6, 6.07) is 20.7. The lowest BCUT2D eigenvalue weighted by Crippen LogP contribution is -2.05. The Bertz CT molecular complexity index is 1260. The Morgan fingerprint density at radius 2 is 1.67 bits per heavy atom. The summed E-state index contributed by atoms with van der Waals surface area (Å²) < 4.78 is 8.42. The molecule has 1 N–H and O–H groups in total. The zero-order chi connectivity index (χ0) is 23.5. The molecule has 1 atom stereocenters. The fourth-order valence-electron chi connectivity index (χ4n) is 4.51. The minimum atomic E-state index is -0.781. The molecule has 0 aliphatic heterocycles. The Labute approximate surface area is 195 Å². The van der Waals surface area contributed by atoms with Crippen molar-refractivity contribution in [1.29, 1.82) is 0 Å². The second kappa shape index (κ2) is 9.53. The van der Waals surface area contributed by atoms with E-state index >= 15 is 0 Å². The molecule has 0 aliphatic carbocycles. The van der Waals surface area contributed by atoms with Gasteiger partial charge >= 0.3 is 5.97 Å². The van der Waals surface area contributed by atoms with Crippen LogP contribution < -0.4 is 4.74 Å². The molecule has 0 radical (unpaired) electrons. The van der Waals surface area contributed by atoms with Crippen molar-refractivity contribution in [2.45, 2.75) is 53.2 Å². The van der Waals surface area contributed by atoms with Crippen LogP contribution in [0.5, 0.6) is 5.75 Å². The molecule has 0 spiro atoms. The monoisotopic (exact) mass is 441 g/mol. The molecule has 4 rings (SSSR count). The van der Waals surface area contributed by atoms with Crippen molar-refractivity contribution in [2.24, 2.45) is 0 Å². The first-order chi connectivity index (χ1) is 15.8. The Balaban J connectivity index is 1.53. The van der Waals surface area contributed by atoms with Gasteiger partial charge in [0, 0.05) is 12.7 Å². The molecule has 170 valence electrons. The fourth-order valence-corrected chi connectivity index (χ4v) is 4.51. The van der Waals surface area contributed by atoms with E-state index in [0.717, 1.165) is 23.4 Å². The van der Waals surface area contributed by atoms with Gasteiger partial charge < -0.3 is 14.4 Å². The van der Waals surface area contributed by atoms with Crippen molar-refractivity contribution in [1.82, 2.24) is 4.57 Å². The molecule has 4 nitrogen and oxygen atoms in total. The number of hydrogen-bond acceptors (Lipinski definition) is 2. The van der Waals surface area contributed by atoms with Crippen molar-refractivity contribution in [3.63, 3.8) is 0 Å². The number of benzene rings is 3. The van der Waals surface area contributed by atoms with Crippen LogP contribution in [0.3, 0.4) is 0 Å². The highest BCUT2D eigenvalue weighted by atomic mass is 16.5. The summed E-state index contributed by atoms with van der Waals surface area (Å²) in [5.41, 5.74) is 8.64. The lowest BCUT2D eigenvalue weighted by Gasteiger charge is -2.15. The highest BCUT2D eigenvalue weighted by Gasteiger charge is 2.12. The van der Waals surface area contributed by atoms with Gasteiger partial charge in [0.2, 0.25) is 0 Å². The zero-order valence-corrected chi connectivity index (χ0v) is 19.8. The number of ether oxygens (including phenoxy) is 1.